The Morgan fingerprint density at radius 2 is 2.12 bits per heavy atom. The van der Waals surface area contributed by atoms with Crippen LogP contribution in [0.2, 0.25) is 10.0 Å². The second-order valence-electron chi connectivity index (χ2n) is 6.64. The fraction of sp³-hybridized carbons (Fsp3) is 0.412. The molecular formula is C17H18Cl2N4O2. The van der Waals surface area contributed by atoms with Gasteiger partial charge in [-0.2, -0.15) is 5.10 Å². The van der Waals surface area contributed by atoms with Crippen LogP contribution >= 0.6 is 23.2 Å². The lowest BCUT2D eigenvalue weighted by Crippen LogP contribution is -2.44. The zero-order chi connectivity index (χ0) is 17.6. The lowest BCUT2D eigenvalue weighted by Gasteiger charge is -2.26. The molecule has 0 bridgehead atoms. The smallest absolute Gasteiger partial charge is 0.227 e. The Morgan fingerprint density at radius 3 is 2.84 bits per heavy atom. The first-order valence-corrected chi connectivity index (χ1v) is 8.99. The zero-order valence-corrected chi connectivity index (χ0v) is 15.0. The SMILES string of the molecule is O=C1C[C@@H](c2c(O)ccc(Cl)c2Cl)CN1c1cnn(CC2CNC2)c1. The van der Waals surface area contributed by atoms with Gasteiger partial charge in [-0.25, -0.2) is 0 Å². The normalized spacial score (nSPS) is 21.0. The second kappa shape index (κ2) is 6.52. The number of halogens is 2. The summed E-state index contributed by atoms with van der Waals surface area (Å²) in [5.41, 5.74) is 1.32. The van der Waals surface area contributed by atoms with Crippen LogP contribution in [0, 0.1) is 5.92 Å². The van der Waals surface area contributed by atoms with E-state index >= 15 is 0 Å². The summed E-state index contributed by atoms with van der Waals surface area (Å²) in [7, 11) is 0. The molecule has 0 radical (unpaired) electrons. The average molecular weight is 381 g/mol. The molecule has 1 amide bonds. The van der Waals surface area contributed by atoms with E-state index < -0.39 is 0 Å². The number of nitrogens with one attached hydrogen (secondary N) is 1. The van der Waals surface area contributed by atoms with Crippen molar-refractivity contribution in [2.24, 2.45) is 5.92 Å². The number of phenols is 1. The summed E-state index contributed by atoms with van der Waals surface area (Å²) in [5.74, 6) is 0.461. The van der Waals surface area contributed by atoms with E-state index in [0.717, 1.165) is 25.3 Å². The summed E-state index contributed by atoms with van der Waals surface area (Å²) in [6.45, 7) is 3.31. The Balaban J connectivity index is 1.54. The van der Waals surface area contributed by atoms with Crippen LogP contribution < -0.4 is 10.2 Å². The van der Waals surface area contributed by atoms with Gasteiger partial charge >= 0.3 is 0 Å². The topological polar surface area (TPSA) is 70.4 Å². The molecule has 0 spiro atoms. The summed E-state index contributed by atoms with van der Waals surface area (Å²) >= 11 is 12.3. The quantitative estimate of drug-likeness (QED) is 0.855. The third-order valence-electron chi connectivity index (χ3n) is 4.89. The molecular weight excluding hydrogens is 363 g/mol. The molecule has 0 aliphatic carbocycles. The van der Waals surface area contributed by atoms with Crippen molar-refractivity contribution in [3.05, 3.63) is 40.1 Å². The van der Waals surface area contributed by atoms with Crippen LogP contribution in [0.5, 0.6) is 5.75 Å². The predicted molar refractivity (Wildman–Crippen MR) is 96.4 cm³/mol. The Kier molecular flexibility index (Phi) is 4.35. The number of rotatable bonds is 4. The standard InChI is InChI=1S/C17H18Cl2N4O2/c18-13-1-2-14(24)16(17(13)19)11-3-15(25)23(8-11)12-6-21-22(9-12)7-10-4-20-5-10/h1-2,6,9-11,20,24H,3-5,7-8H2/t11-/m1/s1. The summed E-state index contributed by atoms with van der Waals surface area (Å²) < 4.78 is 1.88. The average Bonchev–Trinajstić information content (AvgIpc) is 3.14. The highest BCUT2D eigenvalue weighted by molar-refractivity contribution is 6.42. The number of benzene rings is 1. The van der Waals surface area contributed by atoms with Gasteiger partial charge in [0.2, 0.25) is 5.91 Å². The maximum Gasteiger partial charge on any atom is 0.227 e. The van der Waals surface area contributed by atoms with Gasteiger partial charge in [-0.3, -0.25) is 9.48 Å². The second-order valence-corrected chi connectivity index (χ2v) is 7.43. The highest BCUT2D eigenvalue weighted by Gasteiger charge is 2.35. The number of carbonyl (C=O) groups is 1. The van der Waals surface area contributed by atoms with E-state index in [9.17, 15) is 9.90 Å². The van der Waals surface area contributed by atoms with Crippen molar-refractivity contribution in [2.45, 2.75) is 18.9 Å². The van der Waals surface area contributed by atoms with E-state index in [0.29, 0.717) is 28.1 Å². The number of carbonyl (C=O) groups excluding carboxylic acids is 1. The Labute approximate surface area is 155 Å². The number of nitrogens with zero attached hydrogens (tertiary/aromatic N) is 3. The predicted octanol–water partition coefficient (Wildman–Crippen LogP) is 2.64. The molecule has 132 valence electrons. The summed E-state index contributed by atoms with van der Waals surface area (Å²) in [4.78, 5) is 14.2. The largest absolute Gasteiger partial charge is 0.508 e. The minimum Gasteiger partial charge on any atom is -0.508 e. The maximum absolute atomic E-state index is 12.5. The van der Waals surface area contributed by atoms with Crippen LogP contribution in [0.25, 0.3) is 0 Å². The van der Waals surface area contributed by atoms with E-state index in [1.54, 1.807) is 17.2 Å². The van der Waals surface area contributed by atoms with Crippen molar-refractivity contribution >= 4 is 34.8 Å². The molecule has 0 unspecified atom stereocenters. The summed E-state index contributed by atoms with van der Waals surface area (Å²) in [6.07, 6.45) is 3.90. The van der Waals surface area contributed by atoms with Crippen molar-refractivity contribution in [2.75, 3.05) is 24.5 Å². The van der Waals surface area contributed by atoms with Crippen molar-refractivity contribution in [1.29, 1.82) is 0 Å². The minimum absolute atomic E-state index is 0.00898. The van der Waals surface area contributed by atoms with Gasteiger partial charge in [0, 0.05) is 56.2 Å². The van der Waals surface area contributed by atoms with Gasteiger partial charge in [-0.05, 0) is 12.1 Å². The number of hydrogen-bond acceptors (Lipinski definition) is 4. The molecule has 0 saturated carbocycles. The van der Waals surface area contributed by atoms with Gasteiger partial charge in [0.05, 0.1) is 21.9 Å². The minimum atomic E-state index is -0.196. The van der Waals surface area contributed by atoms with Crippen molar-refractivity contribution in [3.63, 3.8) is 0 Å². The lowest BCUT2D eigenvalue weighted by molar-refractivity contribution is -0.117. The Morgan fingerprint density at radius 1 is 1.32 bits per heavy atom. The molecule has 2 N–H and O–H groups in total. The van der Waals surface area contributed by atoms with Gasteiger partial charge in [0.25, 0.3) is 0 Å². The molecule has 6 nitrogen and oxygen atoms in total. The lowest BCUT2D eigenvalue weighted by atomic mass is 9.97. The van der Waals surface area contributed by atoms with Crippen LogP contribution in [-0.2, 0) is 11.3 Å². The number of aromatic nitrogens is 2. The zero-order valence-electron chi connectivity index (χ0n) is 13.5. The van der Waals surface area contributed by atoms with Crippen molar-refractivity contribution in [1.82, 2.24) is 15.1 Å². The van der Waals surface area contributed by atoms with Gasteiger partial charge in [0.1, 0.15) is 5.75 Å². The van der Waals surface area contributed by atoms with E-state index in [4.69, 9.17) is 23.2 Å². The molecule has 3 heterocycles. The molecule has 25 heavy (non-hydrogen) atoms. The van der Waals surface area contributed by atoms with E-state index in [2.05, 4.69) is 10.4 Å². The first-order valence-electron chi connectivity index (χ1n) is 8.23. The van der Waals surface area contributed by atoms with Crippen LogP contribution in [0.3, 0.4) is 0 Å². The third kappa shape index (κ3) is 3.10. The number of anilines is 1. The molecule has 8 heteroatoms. The fourth-order valence-corrected chi connectivity index (χ4v) is 3.91. The van der Waals surface area contributed by atoms with Crippen molar-refractivity contribution in [3.8, 4) is 5.75 Å². The first kappa shape index (κ1) is 16.7. The van der Waals surface area contributed by atoms with E-state index in [1.165, 1.54) is 6.07 Å². The molecule has 4 rings (SSSR count). The third-order valence-corrected chi connectivity index (χ3v) is 5.70. The molecule has 2 aliphatic heterocycles. The van der Waals surface area contributed by atoms with Gasteiger partial charge < -0.3 is 15.3 Å². The monoisotopic (exact) mass is 380 g/mol. The number of phenolic OH excluding ortho intramolecular Hbond substituents is 1. The first-order chi connectivity index (χ1) is 12.0. The highest BCUT2D eigenvalue weighted by atomic mass is 35.5. The summed E-state index contributed by atoms with van der Waals surface area (Å²) in [6, 6.07) is 3.07. The molecule has 2 aromatic rings. The van der Waals surface area contributed by atoms with Crippen LogP contribution in [0.15, 0.2) is 24.5 Å². The van der Waals surface area contributed by atoms with Crippen LogP contribution in [0.1, 0.15) is 17.9 Å². The maximum atomic E-state index is 12.5. The number of aromatic hydroxyl groups is 1. The number of amides is 1. The number of hydrogen-bond donors (Lipinski definition) is 2. The molecule has 2 aliphatic rings. The Hall–Kier alpha value is -1.76. The molecule has 1 atom stereocenters. The van der Waals surface area contributed by atoms with Gasteiger partial charge in [-0.15, -0.1) is 0 Å². The molecule has 2 saturated heterocycles. The highest BCUT2D eigenvalue weighted by Crippen LogP contribution is 2.42. The molecule has 1 aromatic heterocycles. The van der Waals surface area contributed by atoms with E-state index in [-0.39, 0.29) is 24.0 Å². The van der Waals surface area contributed by atoms with Crippen LogP contribution in [-0.4, -0.2) is 40.4 Å². The molecule has 2 fully saturated rings. The Bertz CT molecular complexity index is 819. The van der Waals surface area contributed by atoms with Gasteiger partial charge in [0.15, 0.2) is 0 Å². The summed E-state index contributed by atoms with van der Waals surface area (Å²) in [5, 5.41) is 18.5. The van der Waals surface area contributed by atoms with Crippen molar-refractivity contribution < 1.29 is 9.90 Å². The fourth-order valence-electron chi connectivity index (χ4n) is 3.43. The van der Waals surface area contributed by atoms with E-state index in [1.807, 2.05) is 10.9 Å². The van der Waals surface area contributed by atoms with Crippen LogP contribution in [0.4, 0.5) is 5.69 Å². The van der Waals surface area contributed by atoms with Gasteiger partial charge in [-0.1, -0.05) is 23.2 Å². The molecule has 1 aromatic carbocycles.